The van der Waals surface area contributed by atoms with E-state index in [2.05, 4.69) is 20.5 Å². The average Bonchev–Trinajstić information content (AvgIpc) is 3.05. The Bertz CT molecular complexity index is 592. The summed E-state index contributed by atoms with van der Waals surface area (Å²) in [6.45, 7) is 0. The zero-order valence-electron chi connectivity index (χ0n) is 10.5. The second kappa shape index (κ2) is 5.00. The quantitative estimate of drug-likeness (QED) is 0.899. The Morgan fingerprint density at radius 2 is 2.53 bits per heavy atom. The van der Waals surface area contributed by atoms with Gasteiger partial charge in [-0.1, -0.05) is 0 Å². The molecule has 2 aromatic heterocycles. The first kappa shape index (κ1) is 12.2. The van der Waals surface area contributed by atoms with Gasteiger partial charge in [-0.05, 0) is 36.3 Å². The van der Waals surface area contributed by atoms with E-state index in [0.29, 0.717) is 5.95 Å². The number of fused-ring (bicyclic) bond motifs is 1. The summed E-state index contributed by atoms with van der Waals surface area (Å²) in [5.74, 6) is 0.188. The molecule has 1 aliphatic carbocycles. The number of H-pyrrole nitrogens is 1. The number of aryl methyl sites for hydroxylation is 1. The summed E-state index contributed by atoms with van der Waals surface area (Å²) in [6, 6.07) is 2.26. The summed E-state index contributed by atoms with van der Waals surface area (Å²) >= 11 is 1.72. The van der Waals surface area contributed by atoms with Crippen molar-refractivity contribution < 1.29 is 9.53 Å². The highest BCUT2D eigenvalue weighted by Gasteiger charge is 2.27. The number of carbonyl (C=O) groups is 1. The molecule has 19 heavy (non-hydrogen) atoms. The van der Waals surface area contributed by atoms with Crippen LogP contribution in [0.1, 0.15) is 29.2 Å². The molecule has 1 amide bonds. The lowest BCUT2D eigenvalue weighted by Crippen LogP contribution is -2.24. The van der Waals surface area contributed by atoms with Crippen LogP contribution < -0.4 is 10.1 Å². The lowest BCUT2D eigenvalue weighted by Gasteiger charge is -2.21. The summed E-state index contributed by atoms with van der Waals surface area (Å²) in [5.41, 5.74) is 1.15. The Morgan fingerprint density at radius 3 is 3.32 bits per heavy atom. The molecule has 0 saturated heterocycles. The van der Waals surface area contributed by atoms with Crippen molar-refractivity contribution in [3.05, 3.63) is 21.9 Å². The number of aromatic amines is 1. The van der Waals surface area contributed by atoms with Gasteiger partial charge in [0.25, 0.3) is 0 Å². The van der Waals surface area contributed by atoms with Gasteiger partial charge < -0.3 is 4.74 Å². The van der Waals surface area contributed by atoms with Gasteiger partial charge in [0.15, 0.2) is 0 Å². The Hall–Kier alpha value is -1.89. The largest absolute Gasteiger partial charge is 0.466 e. The zero-order valence-corrected chi connectivity index (χ0v) is 11.3. The number of hydrogen-bond donors (Lipinski definition) is 2. The number of ether oxygens (including phenoxy) is 1. The minimum absolute atomic E-state index is 0.0434. The number of rotatable bonds is 3. The minimum atomic E-state index is -0.0916. The van der Waals surface area contributed by atoms with Gasteiger partial charge in [0.2, 0.25) is 11.9 Å². The molecule has 1 unspecified atom stereocenters. The minimum Gasteiger partial charge on any atom is -0.466 e. The standard InChI is InChI=1S/C12H14N4O2S/c1-18-12-14-11(15-16-12)13-10(17)8-3-2-4-9-7(8)5-6-19-9/h5-6,8H,2-4H2,1H3,(H2,13,14,15,16,17). The molecule has 3 rings (SSSR count). The van der Waals surface area contributed by atoms with Crippen LogP contribution in [0.4, 0.5) is 5.95 Å². The average molecular weight is 278 g/mol. The highest BCUT2D eigenvalue weighted by Crippen LogP contribution is 2.35. The van der Waals surface area contributed by atoms with Crippen LogP contribution in [0.15, 0.2) is 11.4 Å². The molecule has 2 N–H and O–H groups in total. The predicted octanol–water partition coefficient (Wildman–Crippen LogP) is 1.93. The van der Waals surface area contributed by atoms with Crippen LogP contribution >= 0.6 is 11.3 Å². The van der Waals surface area contributed by atoms with Gasteiger partial charge in [-0.2, -0.15) is 4.98 Å². The molecule has 1 atom stereocenters. The van der Waals surface area contributed by atoms with E-state index in [4.69, 9.17) is 4.74 Å². The predicted molar refractivity (Wildman–Crippen MR) is 71.6 cm³/mol. The van der Waals surface area contributed by atoms with Crippen molar-refractivity contribution in [2.45, 2.75) is 25.2 Å². The van der Waals surface area contributed by atoms with Crippen LogP contribution in [-0.4, -0.2) is 28.2 Å². The highest BCUT2D eigenvalue weighted by atomic mass is 32.1. The van der Waals surface area contributed by atoms with Crippen molar-refractivity contribution in [3.8, 4) is 6.01 Å². The van der Waals surface area contributed by atoms with Gasteiger partial charge in [-0.25, -0.2) is 5.10 Å². The molecule has 1 aliphatic rings. The number of methoxy groups -OCH3 is 1. The van der Waals surface area contributed by atoms with Crippen molar-refractivity contribution in [2.75, 3.05) is 12.4 Å². The molecule has 0 radical (unpaired) electrons. The lowest BCUT2D eigenvalue weighted by atomic mass is 9.87. The monoisotopic (exact) mass is 278 g/mol. The molecule has 0 aliphatic heterocycles. The Balaban J connectivity index is 1.75. The SMILES string of the molecule is COc1n[nH]c(NC(=O)C2CCCc3sccc32)n1. The van der Waals surface area contributed by atoms with E-state index in [1.54, 1.807) is 11.3 Å². The van der Waals surface area contributed by atoms with Gasteiger partial charge in [0.05, 0.1) is 13.0 Å². The third kappa shape index (κ3) is 2.33. The molecule has 0 aromatic carbocycles. The fourth-order valence-electron chi connectivity index (χ4n) is 2.36. The number of aromatic nitrogens is 3. The zero-order chi connectivity index (χ0) is 13.2. The number of hydrogen-bond acceptors (Lipinski definition) is 5. The van der Waals surface area contributed by atoms with Gasteiger partial charge in [0, 0.05) is 4.88 Å². The van der Waals surface area contributed by atoms with Gasteiger partial charge in [-0.15, -0.1) is 16.4 Å². The lowest BCUT2D eigenvalue weighted by molar-refractivity contribution is -0.117. The van der Waals surface area contributed by atoms with Crippen molar-refractivity contribution in [1.29, 1.82) is 0 Å². The van der Waals surface area contributed by atoms with Crippen LogP contribution in [0.5, 0.6) is 6.01 Å². The van der Waals surface area contributed by atoms with Gasteiger partial charge >= 0.3 is 6.01 Å². The maximum Gasteiger partial charge on any atom is 0.336 e. The second-order valence-corrected chi connectivity index (χ2v) is 5.40. The summed E-state index contributed by atoms with van der Waals surface area (Å²) in [7, 11) is 1.48. The number of amides is 1. The first-order chi connectivity index (χ1) is 9.28. The van der Waals surface area contributed by atoms with Gasteiger partial charge in [0.1, 0.15) is 0 Å². The van der Waals surface area contributed by atoms with E-state index in [1.807, 2.05) is 11.4 Å². The van der Waals surface area contributed by atoms with E-state index >= 15 is 0 Å². The molecule has 0 saturated carbocycles. The number of anilines is 1. The number of carbonyl (C=O) groups excluding carboxylic acids is 1. The number of nitrogens with zero attached hydrogens (tertiary/aromatic N) is 2. The number of nitrogens with one attached hydrogen (secondary N) is 2. The number of thiophene rings is 1. The maximum absolute atomic E-state index is 12.3. The van der Waals surface area contributed by atoms with Gasteiger partial charge in [-0.3, -0.25) is 10.1 Å². The molecule has 0 fully saturated rings. The molecular weight excluding hydrogens is 264 g/mol. The Labute approximate surface area is 114 Å². The summed E-state index contributed by atoms with van der Waals surface area (Å²) in [5, 5.41) is 11.2. The molecule has 2 heterocycles. The molecule has 0 spiro atoms. The first-order valence-corrected chi connectivity index (χ1v) is 6.99. The van der Waals surface area contributed by atoms with Crippen molar-refractivity contribution in [1.82, 2.24) is 15.2 Å². The second-order valence-electron chi connectivity index (χ2n) is 4.40. The van der Waals surface area contributed by atoms with E-state index in [1.165, 1.54) is 12.0 Å². The summed E-state index contributed by atoms with van der Waals surface area (Å²) in [4.78, 5) is 17.6. The molecule has 7 heteroatoms. The summed E-state index contributed by atoms with van der Waals surface area (Å²) in [6.07, 6.45) is 3.00. The highest BCUT2D eigenvalue weighted by molar-refractivity contribution is 7.10. The fourth-order valence-corrected chi connectivity index (χ4v) is 3.34. The van der Waals surface area contributed by atoms with Crippen LogP contribution in [0, 0.1) is 0 Å². The molecule has 6 nitrogen and oxygen atoms in total. The Morgan fingerprint density at radius 1 is 1.63 bits per heavy atom. The maximum atomic E-state index is 12.3. The topological polar surface area (TPSA) is 79.9 Å². The molecule has 100 valence electrons. The van der Waals surface area contributed by atoms with Crippen molar-refractivity contribution >= 4 is 23.2 Å². The third-order valence-corrected chi connectivity index (χ3v) is 4.25. The van der Waals surface area contributed by atoms with Crippen LogP contribution in [0.2, 0.25) is 0 Å². The van der Waals surface area contributed by atoms with E-state index in [-0.39, 0.29) is 17.8 Å². The van der Waals surface area contributed by atoms with E-state index in [0.717, 1.165) is 24.8 Å². The molecular formula is C12H14N4O2S. The van der Waals surface area contributed by atoms with Crippen molar-refractivity contribution in [3.63, 3.8) is 0 Å². The third-order valence-electron chi connectivity index (χ3n) is 3.26. The first-order valence-electron chi connectivity index (χ1n) is 6.11. The Kier molecular flexibility index (Phi) is 3.20. The van der Waals surface area contributed by atoms with Crippen LogP contribution in [0.25, 0.3) is 0 Å². The van der Waals surface area contributed by atoms with Crippen LogP contribution in [-0.2, 0) is 11.2 Å². The molecule has 0 bridgehead atoms. The van der Waals surface area contributed by atoms with E-state index in [9.17, 15) is 4.79 Å². The smallest absolute Gasteiger partial charge is 0.336 e. The normalized spacial score (nSPS) is 17.8. The molecule has 2 aromatic rings. The summed E-state index contributed by atoms with van der Waals surface area (Å²) < 4.78 is 4.86. The van der Waals surface area contributed by atoms with Crippen molar-refractivity contribution in [2.24, 2.45) is 0 Å². The fraction of sp³-hybridized carbons (Fsp3) is 0.417. The van der Waals surface area contributed by atoms with E-state index < -0.39 is 0 Å². The van der Waals surface area contributed by atoms with Crippen LogP contribution in [0.3, 0.4) is 0 Å².